The van der Waals surface area contributed by atoms with Crippen LogP contribution in [0.2, 0.25) is 0 Å². The van der Waals surface area contributed by atoms with Gasteiger partial charge in [-0.25, -0.2) is 19.0 Å². The number of β-lactam (4-membered cyclic amide) rings is 1. The molecule has 0 aliphatic carbocycles. The van der Waals surface area contributed by atoms with E-state index in [0.717, 1.165) is 41.2 Å². The van der Waals surface area contributed by atoms with Crippen molar-refractivity contribution in [3.05, 3.63) is 82.4 Å². The topological polar surface area (TPSA) is 176 Å². The third kappa shape index (κ3) is 6.01. The second-order valence-corrected chi connectivity index (χ2v) is 13.5. The van der Waals surface area contributed by atoms with Crippen LogP contribution in [0.4, 0.5) is 5.13 Å². The largest absolute Gasteiger partial charge is 0.477 e. The van der Waals surface area contributed by atoms with Gasteiger partial charge in [0.25, 0.3) is 11.8 Å². The lowest BCUT2D eigenvalue weighted by Gasteiger charge is -2.49. The highest BCUT2D eigenvalue weighted by Crippen LogP contribution is 2.40. The van der Waals surface area contributed by atoms with E-state index < -0.39 is 29.2 Å². The average Bonchev–Trinajstić information content (AvgIpc) is 3.90. The zero-order valence-electron chi connectivity index (χ0n) is 25.9. The Balaban J connectivity index is 1.04. The Kier molecular flexibility index (Phi) is 8.62. The van der Waals surface area contributed by atoms with Gasteiger partial charge in [-0.2, -0.15) is 5.10 Å². The molecule has 2 amide bonds. The van der Waals surface area contributed by atoms with E-state index in [9.17, 15) is 19.5 Å². The van der Waals surface area contributed by atoms with Crippen molar-refractivity contribution >= 4 is 63.6 Å². The number of nitrogen functional groups attached to an aromatic ring is 1. The van der Waals surface area contributed by atoms with Crippen LogP contribution < -0.4 is 15.6 Å². The number of carbonyl (C=O) groups is 3. The number of rotatable bonds is 11. The molecule has 6 heterocycles. The molecular formula is C31H33N10O5S2+. The molecule has 3 aromatic heterocycles. The number of carboxylic acid groups (broad SMARTS) is 1. The van der Waals surface area contributed by atoms with Crippen molar-refractivity contribution in [2.75, 3.05) is 31.7 Å². The molecule has 0 unspecified atom stereocenters. The van der Waals surface area contributed by atoms with E-state index in [4.69, 9.17) is 10.6 Å². The maximum absolute atomic E-state index is 13.3. The molecule has 2 fully saturated rings. The summed E-state index contributed by atoms with van der Waals surface area (Å²) in [4.78, 5) is 49.0. The van der Waals surface area contributed by atoms with Crippen molar-refractivity contribution in [1.82, 2.24) is 29.4 Å². The summed E-state index contributed by atoms with van der Waals surface area (Å²) in [5, 5.41) is 24.5. The fourth-order valence-electron chi connectivity index (χ4n) is 6.08. The van der Waals surface area contributed by atoms with Crippen molar-refractivity contribution in [1.29, 1.82) is 0 Å². The maximum atomic E-state index is 13.3. The molecule has 4 N–H and O–H groups in total. The number of carboxylic acids is 1. The zero-order chi connectivity index (χ0) is 33.4. The summed E-state index contributed by atoms with van der Waals surface area (Å²) in [7, 11) is 1.29. The number of aromatic nitrogens is 4. The van der Waals surface area contributed by atoms with E-state index in [1.165, 1.54) is 36.6 Å². The standard InChI is InChI=1S/C31H32N10O5S2/c1-46-36-24(22-18-48-31(32)34-22)27(42)35-25-28(43)41-26(30(44)45)21(17-47-29(25)41)16-39-11-8-23-37(12-13-40(23)39)15-20-6-4-19(5-7-20)14-33-38-9-2-3-10-38/h4-8,11-14,18,25,29H,2-3,9-10,15-17H2,1H3,(H3-,32,34,35,42,44,45)/p+1/b33-14?,36-24-/t25-,29-/m1/s1. The van der Waals surface area contributed by atoms with Gasteiger partial charge in [-0.15, -0.1) is 27.6 Å². The number of hydrogen-bond acceptors (Lipinski definition) is 11. The Bertz CT molecular complexity index is 1970. The molecule has 1 aromatic carbocycles. The fourth-order valence-corrected chi connectivity index (χ4v) is 7.96. The molecular weight excluding hydrogens is 657 g/mol. The van der Waals surface area contributed by atoms with Gasteiger partial charge in [-0.1, -0.05) is 29.4 Å². The lowest BCUT2D eigenvalue weighted by molar-refractivity contribution is -0.661. The first-order valence-corrected chi connectivity index (χ1v) is 17.2. The molecule has 0 saturated carbocycles. The first-order chi connectivity index (χ1) is 23.3. The lowest BCUT2D eigenvalue weighted by Crippen LogP contribution is -2.71. The van der Waals surface area contributed by atoms with E-state index in [2.05, 4.69) is 54.4 Å². The Morgan fingerprint density at radius 3 is 2.71 bits per heavy atom. The van der Waals surface area contributed by atoms with Crippen molar-refractivity contribution in [3.63, 3.8) is 0 Å². The molecule has 0 radical (unpaired) electrons. The summed E-state index contributed by atoms with van der Waals surface area (Å²) in [6.45, 7) is 2.95. The Labute approximate surface area is 282 Å². The van der Waals surface area contributed by atoms with E-state index in [0.29, 0.717) is 17.9 Å². The number of benzene rings is 1. The molecule has 0 spiro atoms. The monoisotopic (exact) mass is 689 g/mol. The van der Waals surface area contributed by atoms with Gasteiger partial charge in [0.05, 0.1) is 25.0 Å². The Morgan fingerprint density at radius 1 is 1.21 bits per heavy atom. The number of anilines is 1. The average molecular weight is 690 g/mol. The van der Waals surface area contributed by atoms with Crippen molar-refractivity contribution < 1.29 is 28.9 Å². The van der Waals surface area contributed by atoms with Crippen LogP contribution in [0.5, 0.6) is 0 Å². The SMILES string of the molecule is CO/N=C(\C(=O)N[C@@H]1C(=O)N2C(C(=O)O)=C(Cn3ccc4n3cc[n+]4Cc3ccc(C=NN4CCCC4)cc3)CS[C@H]12)c1csc(N)n1. The lowest BCUT2D eigenvalue weighted by atomic mass is 10.0. The van der Waals surface area contributed by atoms with Crippen molar-refractivity contribution in [3.8, 4) is 0 Å². The number of oxime groups is 1. The number of thiazole rings is 1. The molecule has 48 heavy (non-hydrogen) atoms. The van der Waals surface area contributed by atoms with E-state index >= 15 is 0 Å². The molecule has 248 valence electrons. The van der Waals surface area contributed by atoms with Gasteiger partial charge in [0.1, 0.15) is 42.7 Å². The van der Waals surface area contributed by atoms with Crippen LogP contribution in [-0.4, -0.2) is 96.3 Å². The van der Waals surface area contributed by atoms with E-state index in [1.54, 1.807) is 5.38 Å². The van der Waals surface area contributed by atoms with E-state index in [1.807, 2.05) is 40.1 Å². The summed E-state index contributed by atoms with van der Waals surface area (Å²) < 4.78 is 6.00. The van der Waals surface area contributed by atoms with Crippen LogP contribution in [0.25, 0.3) is 5.65 Å². The number of fused-ring (bicyclic) bond motifs is 2. The molecule has 3 aliphatic heterocycles. The number of nitrogens with zero attached hydrogens (tertiary/aromatic N) is 8. The molecule has 2 atom stereocenters. The summed E-state index contributed by atoms with van der Waals surface area (Å²) in [6, 6.07) is 9.36. The number of thioether (sulfide) groups is 1. The predicted molar refractivity (Wildman–Crippen MR) is 179 cm³/mol. The quantitative estimate of drug-likeness (QED) is 0.0908. The third-order valence-electron chi connectivity index (χ3n) is 8.43. The smallest absolute Gasteiger partial charge is 0.352 e. The van der Waals surface area contributed by atoms with Crippen LogP contribution >= 0.6 is 23.1 Å². The predicted octanol–water partition coefficient (Wildman–Crippen LogP) is 1.33. The van der Waals surface area contributed by atoms with Gasteiger partial charge in [-0.3, -0.25) is 19.5 Å². The summed E-state index contributed by atoms with van der Waals surface area (Å²) in [5.41, 5.74) is 9.44. The highest BCUT2D eigenvalue weighted by molar-refractivity contribution is 8.00. The Morgan fingerprint density at radius 2 is 2.00 bits per heavy atom. The second kappa shape index (κ2) is 13.2. The number of carbonyl (C=O) groups excluding carboxylic acids is 2. The fraction of sp³-hybridized carbons (Fsp3) is 0.323. The maximum Gasteiger partial charge on any atom is 0.352 e. The molecule has 4 aromatic rings. The molecule has 15 nitrogen and oxygen atoms in total. The number of amides is 2. The number of imidazole rings is 1. The summed E-state index contributed by atoms with van der Waals surface area (Å²) >= 11 is 2.53. The van der Waals surface area contributed by atoms with Crippen molar-refractivity contribution in [2.45, 2.75) is 37.3 Å². The van der Waals surface area contributed by atoms with Crippen LogP contribution in [0, 0.1) is 0 Å². The minimum absolute atomic E-state index is 0.0671. The van der Waals surface area contributed by atoms with Crippen LogP contribution in [0.15, 0.2) is 75.8 Å². The van der Waals surface area contributed by atoms with Gasteiger partial charge in [-0.05, 0) is 29.5 Å². The Hall–Kier alpha value is -5.16. The molecule has 17 heteroatoms. The van der Waals surface area contributed by atoms with E-state index in [-0.39, 0.29) is 28.8 Å². The first kappa shape index (κ1) is 31.4. The molecule has 0 bridgehead atoms. The molecule has 2 saturated heterocycles. The minimum atomic E-state index is -1.20. The molecule has 3 aliphatic rings. The number of hydrogen-bond donors (Lipinski definition) is 3. The van der Waals surface area contributed by atoms with Gasteiger partial charge in [0, 0.05) is 24.2 Å². The number of nitrogens with two attached hydrogens (primary N) is 1. The highest BCUT2D eigenvalue weighted by Gasteiger charge is 2.54. The highest BCUT2D eigenvalue weighted by atomic mass is 32.2. The number of aliphatic carboxylic acids is 1. The van der Waals surface area contributed by atoms with Crippen LogP contribution in [0.3, 0.4) is 0 Å². The third-order valence-corrected chi connectivity index (χ3v) is 10.4. The number of hydrazone groups is 1. The van der Waals surface area contributed by atoms with Crippen molar-refractivity contribution in [2.24, 2.45) is 10.3 Å². The first-order valence-electron chi connectivity index (χ1n) is 15.3. The van der Waals surface area contributed by atoms with Gasteiger partial charge in [0.2, 0.25) is 0 Å². The zero-order valence-corrected chi connectivity index (χ0v) is 27.6. The normalized spacial score (nSPS) is 19.7. The van der Waals surface area contributed by atoms with Gasteiger partial charge in [0.15, 0.2) is 17.0 Å². The van der Waals surface area contributed by atoms with Crippen LogP contribution in [-0.2, 0) is 32.3 Å². The molecule has 7 rings (SSSR count). The van der Waals surface area contributed by atoms with Crippen LogP contribution in [0.1, 0.15) is 29.7 Å². The van der Waals surface area contributed by atoms with Gasteiger partial charge < -0.3 is 21.0 Å². The van der Waals surface area contributed by atoms with Gasteiger partial charge >= 0.3 is 11.6 Å². The summed E-state index contributed by atoms with van der Waals surface area (Å²) in [6.07, 6.45) is 10.1. The minimum Gasteiger partial charge on any atom is -0.477 e. The number of nitrogens with one attached hydrogen (secondary N) is 1. The summed E-state index contributed by atoms with van der Waals surface area (Å²) in [5.74, 6) is -2.04. The second-order valence-electron chi connectivity index (χ2n) is 11.5.